The number of aliphatic hydroxyl groups excluding tert-OH is 2. The number of hydrogen-bond acceptors (Lipinski definition) is 26. The zero-order valence-electron chi connectivity index (χ0n) is 49.9. The number of aryl methyl sites for hydroxylation is 1. The highest BCUT2D eigenvalue weighted by Gasteiger charge is 2.33. The van der Waals surface area contributed by atoms with Crippen molar-refractivity contribution in [2.24, 2.45) is 30.0 Å². The van der Waals surface area contributed by atoms with Crippen LogP contribution in [0.3, 0.4) is 0 Å². The van der Waals surface area contributed by atoms with E-state index in [0.717, 1.165) is 0 Å². The van der Waals surface area contributed by atoms with Gasteiger partial charge in [0.15, 0.2) is 43.0 Å². The minimum atomic E-state index is -4.63. The largest absolute Gasteiger partial charge is 0.393 e. The summed E-state index contributed by atoms with van der Waals surface area (Å²) in [6, 6.07) is 21.7. The summed E-state index contributed by atoms with van der Waals surface area (Å²) in [4.78, 5) is 46.4. The molecule has 0 aliphatic carbocycles. The summed E-state index contributed by atoms with van der Waals surface area (Å²) in [5.41, 5.74) is 1.60. The van der Waals surface area contributed by atoms with Crippen LogP contribution in [0.2, 0.25) is 0 Å². The van der Waals surface area contributed by atoms with Crippen molar-refractivity contribution in [3.63, 3.8) is 0 Å². The molecule has 4 aliphatic rings. The van der Waals surface area contributed by atoms with Gasteiger partial charge in [0, 0.05) is 64.1 Å². The molecule has 0 radical (unpaired) electrons. The first-order valence-corrected chi connectivity index (χ1v) is 38.6. The predicted molar refractivity (Wildman–Crippen MR) is 347 cm³/mol. The van der Waals surface area contributed by atoms with Crippen LogP contribution in [-0.2, 0) is 66.3 Å². The molecular weight excluding hydrogens is 1340 g/mol. The summed E-state index contributed by atoms with van der Waals surface area (Å²) in [7, 11) is -25.0. The number of sulfone groups is 3. The fraction of sp³-hybridized carbons (Fsp3) is 0.298. The van der Waals surface area contributed by atoms with Crippen LogP contribution in [0.4, 0.5) is 29.2 Å². The number of nitrogens with zero attached hydrogens (tertiary/aromatic N) is 12. The Hall–Kier alpha value is -8.50. The fourth-order valence-corrected chi connectivity index (χ4v) is 18.2. The van der Waals surface area contributed by atoms with Gasteiger partial charge in [0.2, 0.25) is 31.9 Å². The van der Waals surface area contributed by atoms with Gasteiger partial charge in [-0.15, -0.1) is 0 Å². The number of aliphatic hydroxyl groups is 2. The van der Waals surface area contributed by atoms with Crippen LogP contribution in [0.15, 0.2) is 147 Å². The van der Waals surface area contributed by atoms with Crippen molar-refractivity contribution in [1.29, 1.82) is 0 Å². The van der Waals surface area contributed by atoms with E-state index in [1.54, 1.807) is 28.2 Å². The number of hydrogen-bond donors (Lipinski definition) is 7. The minimum absolute atomic E-state index is 0.00205. The van der Waals surface area contributed by atoms with Gasteiger partial charge in [-0.05, 0) is 119 Å². The highest BCUT2D eigenvalue weighted by molar-refractivity contribution is 7.92. The monoisotopic (exact) mass is 1400 g/mol. The number of aliphatic imine (C=N–C) groups is 4. The molecule has 12 rings (SSSR count). The number of para-hydroxylation sites is 1. The number of amidine groups is 4. The lowest BCUT2D eigenvalue weighted by molar-refractivity contribution is 0.191. The molecule has 7 N–H and O–H groups in total. The maximum atomic E-state index is 14.4. The molecule has 4 aliphatic heterocycles. The molecule has 4 aromatic heterocycles. The summed E-state index contributed by atoms with van der Waals surface area (Å²) in [5, 5.41) is 26.3. The number of rotatable bonds is 25. The van der Waals surface area contributed by atoms with Crippen LogP contribution >= 0.6 is 0 Å². The zero-order valence-corrected chi connectivity index (χ0v) is 54.8. The normalized spacial score (nSPS) is 15.2. The molecule has 0 saturated heterocycles. The zero-order chi connectivity index (χ0) is 66.9. The topological polar surface area (TPSA) is 449 Å². The summed E-state index contributed by atoms with van der Waals surface area (Å²) >= 11 is 0. The maximum Gasteiger partial charge on any atom is 0.296 e. The third-order valence-corrected chi connectivity index (χ3v) is 24.5. The number of aromatic nitrogens is 6. The molecule has 4 aromatic carbocycles. The molecule has 8 aromatic rings. The summed E-state index contributed by atoms with van der Waals surface area (Å²) in [6.45, 7) is 3.67. The molecule has 6 bridgehead atoms. The highest BCUT2D eigenvalue weighted by atomic mass is 32.2. The molecular formula is C57H58N16O15S6. The average Bonchev–Trinajstić information content (AvgIpc) is 1.55. The quantitative estimate of drug-likeness (QED) is 0.0318. The van der Waals surface area contributed by atoms with Crippen molar-refractivity contribution in [3.8, 4) is 0 Å². The lowest BCUT2D eigenvalue weighted by Gasteiger charge is -2.15. The van der Waals surface area contributed by atoms with E-state index in [9.17, 15) is 65.3 Å². The molecule has 492 valence electrons. The Bertz CT molecular complexity index is 5500. The van der Waals surface area contributed by atoms with Crippen molar-refractivity contribution in [2.75, 3.05) is 59.0 Å². The third-order valence-electron chi connectivity index (χ3n) is 15.3. The lowest BCUT2D eigenvalue weighted by atomic mass is 10.1. The first-order valence-electron chi connectivity index (χ1n) is 28.9. The van der Waals surface area contributed by atoms with Gasteiger partial charge >= 0.3 is 0 Å². The van der Waals surface area contributed by atoms with E-state index in [1.165, 1.54) is 98.9 Å². The van der Waals surface area contributed by atoms with Crippen molar-refractivity contribution in [1.82, 2.24) is 38.5 Å². The van der Waals surface area contributed by atoms with Gasteiger partial charge in [-0.1, -0.05) is 12.1 Å². The smallest absolute Gasteiger partial charge is 0.296 e. The number of pyridine rings is 1. The standard InChI is InChI=1S/C57H58N16O15S6/c1-32(74)18-26-89(76,77)22-7-23-90(78,79)35-12-15-38-42(27-35)50-65-48(38)66-51-47-41(9-6-19-58-47)49(67-51)68-54-43-28-36(91(80,81)24-8-25-92(82,83)61-30-33(2)75)13-16-40(43)53-70-55-44-29-37(14-17-39(44)52(69-50)72(55)31-73(53)54)93(84,85)60-21-20-59-56-62-34(3)63-57(71-56)64-45-10-4-5-11-46(45)94(86,87)88/h4-6,9-17,19,27-29,32-33,60-61,74-75H,7-8,18,20-26,30-31H2,1-3H3,(H,86,87,88)(H2,59,62,63,64,71). The maximum absolute atomic E-state index is 14.4. The van der Waals surface area contributed by atoms with Gasteiger partial charge in [0.1, 0.15) is 55.5 Å². The SMILES string of the molecule is Cc1nc(NCCNS(=O)(=O)c2ccc3c4n5c(c3c2)N=c2c3ccc(S(=O)(=O)CCCS(=O)(=O)NCC(C)O)cc3c(n2C5)=NC2=NC(=NC3=NC(=N4)c4cc(S(=O)(=O)CCCS(=O)(=O)CCC(C)O)ccc43)c3ncccc32)nc(Nc2ccccc2S(=O)(=O)O)n1. The van der Waals surface area contributed by atoms with Crippen LogP contribution in [0.25, 0.3) is 21.5 Å². The molecule has 0 fully saturated rings. The van der Waals surface area contributed by atoms with Gasteiger partial charge < -0.3 is 20.8 Å². The highest BCUT2D eigenvalue weighted by Crippen LogP contribution is 2.42. The van der Waals surface area contributed by atoms with E-state index in [4.69, 9.17) is 30.0 Å². The van der Waals surface area contributed by atoms with Gasteiger partial charge in [0.25, 0.3) is 10.1 Å². The first-order chi connectivity index (χ1) is 44.4. The molecule has 0 amide bonds. The second-order valence-corrected chi connectivity index (χ2v) is 34.0. The first kappa shape index (κ1) is 65.6. The van der Waals surface area contributed by atoms with Crippen LogP contribution in [-0.4, -0.2) is 178 Å². The van der Waals surface area contributed by atoms with Crippen molar-refractivity contribution >= 4 is 134 Å². The number of benzene rings is 4. The molecule has 2 unspecified atom stereocenters. The van der Waals surface area contributed by atoms with Crippen LogP contribution in [0.1, 0.15) is 61.3 Å². The number of nitrogens with one attached hydrogen (secondary N) is 4. The van der Waals surface area contributed by atoms with E-state index in [-0.39, 0.29) is 157 Å². The van der Waals surface area contributed by atoms with E-state index in [2.05, 4.69) is 40.0 Å². The van der Waals surface area contributed by atoms with Gasteiger partial charge in [-0.3, -0.25) is 18.7 Å². The van der Waals surface area contributed by atoms with Gasteiger partial charge in [-0.2, -0.15) is 23.4 Å². The van der Waals surface area contributed by atoms with E-state index >= 15 is 0 Å². The van der Waals surface area contributed by atoms with E-state index in [0.29, 0.717) is 21.9 Å². The molecule has 37 heteroatoms. The number of fused-ring (bicyclic) bond motifs is 14. The summed E-state index contributed by atoms with van der Waals surface area (Å²) in [5.74, 6) is -1.87. The molecule has 0 saturated carbocycles. The fourth-order valence-electron chi connectivity index (χ4n) is 10.8. The number of sulfonamides is 2. The van der Waals surface area contributed by atoms with Crippen LogP contribution in [0, 0.1) is 6.92 Å². The van der Waals surface area contributed by atoms with Crippen LogP contribution in [0.5, 0.6) is 0 Å². The lowest BCUT2D eigenvalue weighted by Crippen LogP contribution is -2.33. The second-order valence-electron chi connectivity index (χ2n) is 22.4. The summed E-state index contributed by atoms with van der Waals surface area (Å²) < 4.78 is 178. The van der Waals surface area contributed by atoms with Crippen molar-refractivity contribution < 1.29 is 65.3 Å². The average molecular weight is 1400 g/mol. The van der Waals surface area contributed by atoms with Crippen LogP contribution < -0.4 is 31.1 Å². The Labute approximate surface area is 538 Å². The minimum Gasteiger partial charge on any atom is -0.393 e. The number of anilines is 3. The predicted octanol–water partition coefficient (Wildman–Crippen LogP) is 2.13. The molecule has 31 nitrogen and oxygen atoms in total. The molecule has 0 spiro atoms. The van der Waals surface area contributed by atoms with Crippen molar-refractivity contribution in [2.45, 2.75) is 78.5 Å². The summed E-state index contributed by atoms with van der Waals surface area (Å²) in [6.07, 6.45) is -0.863. The molecule has 2 atom stereocenters. The molecule has 94 heavy (non-hydrogen) atoms. The Balaban J connectivity index is 0.955. The van der Waals surface area contributed by atoms with E-state index < -0.39 is 99.8 Å². The third kappa shape index (κ3) is 13.6. The second kappa shape index (κ2) is 25.0. The van der Waals surface area contributed by atoms with Gasteiger partial charge in [0.05, 0.1) is 61.3 Å². The van der Waals surface area contributed by atoms with Crippen molar-refractivity contribution in [3.05, 3.63) is 136 Å². The Morgan fingerprint density at radius 1 is 0.543 bits per heavy atom. The van der Waals surface area contributed by atoms with Gasteiger partial charge in [-0.25, -0.2) is 81.5 Å². The Morgan fingerprint density at radius 2 is 1.18 bits per heavy atom. The molecule has 8 heterocycles. The Kier molecular flexibility index (Phi) is 17.4. The Morgan fingerprint density at radius 3 is 1.94 bits per heavy atom. The van der Waals surface area contributed by atoms with E-state index in [1.807, 2.05) is 0 Å².